The molecule has 0 saturated heterocycles. The Morgan fingerprint density at radius 1 is 1.67 bits per heavy atom. The average Bonchev–Trinajstić information content (AvgIpc) is 1.97. The van der Waals surface area contributed by atoms with Gasteiger partial charge < -0.3 is 0 Å². The molecule has 0 saturated carbocycles. The molecular formula is C5H2Br2ClN. The summed E-state index contributed by atoms with van der Waals surface area (Å²) in [5.74, 6) is 0. The van der Waals surface area contributed by atoms with Gasteiger partial charge in [0.2, 0.25) is 0 Å². The molecule has 0 unspecified atom stereocenters. The van der Waals surface area contributed by atoms with E-state index < -0.39 is 0 Å². The van der Waals surface area contributed by atoms with Crippen molar-refractivity contribution in [2.75, 3.05) is 0 Å². The SMILES string of the molecule is [2H]c1nc(Cl)c(Br)c([2H])c1Br. The van der Waals surface area contributed by atoms with Crippen molar-refractivity contribution in [2.24, 2.45) is 0 Å². The lowest BCUT2D eigenvalue weighted by Crippen LogP contribution is -1.74. The lowest BCUT2D eigenvalue weighted by molar-refractivity contribution is 1.29. The van der Waals surface area contributed by atoms with Crippen LogP contribution in [0.3, 0.4) is 0 Å². The van der Waals surface area contributed by atoms with Gasteiger partial charge in [0.05, 0.1) is 7.21 Å². The Morgan fingerprint density at radius 3 is 3.00 bits per heavy atom. The van der Waals surface area contributed by atoms with Gasteiger partial charge in [-0.3, -0.25) is 0 Å². The molecule has 1 aromatic heterocycles. The van der Waals surface area contributed by atoms with Crippen LogP contribution < -0.4 is 0 Å². The maximum absolute atomic E-state index is 7.39. The lowest BCUT2D eigenvalue weighted by Gasteiger charge is -1.92. The summed E-state index contributed by atoms with van der Waals surface area (Å²) >= 11 is 11.7. The number of aromatic nitrogens is 1. The van der Waals surface area contributed by atoms with E-state index in [0.717, 1.165) is 0 Å². The van der Waals surface area contributed by atoms with Gasteiger partial charge in [-0.1, -0.05) is 11.6 Å². The zero-order chi connectivity index (χ0) is 8.59. The molecule has 0 aliphatic carbocycles. The topological polar surface area (TPSA) is 12.9 Å². The van der Waals surface area contributed by atoms with Crippen LogP contribution in [0.4, 0.5) is 0 Å². The second-order valence-corrected chi connectivity index (χ2v) is 3.21. The Kier molecular flexibility index (Phi) is 1.70. The van der Waals surface area contributed by atoms with Gasteiger partial charge >= 0.3 is 0 Å². The molecule has 1 rings (SSSR count). The fourth-order valence-electron chi connectivity index (χ4n) is 0.323. The van der Waals surface area contributed by atoms with Crippen molar-refractivity contribution in [3.8, 4) is 0 Å². The van der Waals surface area contributed by atoms with Crippen molar-refractivity contribution < 1.29 is 2.74 Å². The first-order valence-corrected chi connectivity index (χ1v) is 3.98. The number of nitrogens with zero attached hydrogens (tertiary/aromatic N) is 1. The van der Waals surface area contributed by atoms with Crippen LogP contribution in [-0.4, -0.2) is 4.98 Å². The van der Waals surface area contributed by atoms with Gasteiger partial charge in [0, 0.05) is 10.6 Å². The molecule has 0 atom stereocenters. The predicted octanol–water partition coefficient (Wildman–Crippen LogP) is 3.26. The van der Waals surface area contributed by atoms with Crippen molar-refractivity contribution in [1.29, 1.82) is 0 Å². The minimum atomic E-state index is -0.0248. The average molecular weight is 273 g/mol. The van der Waals surface area contributed by atoms with Gasteiger partial charge in [0.25, 0.3) is 0 Å². The summed E-state index contributed by atoms with van der Waals surface area (Å²) in [5.41, 5.74) is 0. The molecule has 1 aromatic rings. The monoisotopic (exact) mass is 271 g/mol. The van der Waals surface area contributed by atoms with Gasteiger partial charge in [0.1, 0.15) is 5.15 Å². The molecule has 0 fully saturated rings. The lowest BCUT2D eigenvalue weighted by atomic mass is 10.5. The smallest absolute Gasteiger partial charge is 0.143 e. The Balaban J connectivity index is 3.46. The Labute approximate surface area is 77.5 Å². The van der Waals surface area contributed by atoms with Gasteiger partial charge in [-0.15, -0.1) is 0 Å². The largest absolute Gasteiger partial charge is 0.242 e. The molecule has 0 bridgehead atoms. The van der Waals surface area contributed by atoms with E-state index in [9.17, 15) is 0 Å². The van der Waals surface area contributed by atoms with E-state index in [0.29, 0.717) is 8.95 Å². The highest BCUT2D eigenvalue weighted by Gasteiger charge is 1.95. The van der Waals surface area contributed by atoms with Gasteiger partial charge in [-0.05, 0) is 37.9 Å². The molecule has 48 valence electrons. The number of hydrogen-bond acceptors (Lipinski definition) is 1. The molecule has 0 spiro atoms. The van der Waals surface area contributed by atoms with E-state index in [-0.39, 0.29) is 17.4 Å². The van der Waals surface area contributed by atoms with E-state index in [1.165, 1.54) is 0 Å². The third-order valence-corrected chi connectivity index (χ3v) is 2.10. The minimum absolute atomic E-state index is 0.0248. The van der Waals surface area contributed by atoms with Crippen molar-refractivity contribution in [2.45, 2.75) is 0 Å². The fourth-order valence-corrected chi connectivity index (χ4v) is 1.25. The number of rotatable bonds is 0. The highest BCUT2D eigenvalue weighted by molar-refractivity contribution is 9.11. The first-order chi connectivity index (χ1) is 5.04. The molecule has 0 amide bonds. The van der Waals surface area contributed by atoms with E-state index >= 15 is 0 Å². The normalized spacial score (nSPS) is 12.8. The minimum Gasteiger partial charge on any atom is -0.242 e. The maximum atomic E-state index is 7.39. The van der Waals surface area contributed by atoms with Gasteiger partial charge in [-0.25, -0.2) is 4.98 Å². The van der Waals surface area contributed by atoms with E-state index in [1.807, 2.05) is 0 Å². The van der Waals surface area contributed by atoms with Crippen molar-refractivity contribution in [3.63, 3.8) is 0 Å². The summed E-state index contributed by atoms with van der Waals surface area (Å²) in [7, 11) is 0. The van der Waals surface area contributed by atoms with Crippen molar-refractivity contribution in [3.05, 3.63) is 26.3 Å². The molecule has 0 aliphatic rings. The first-order valence-electron chi connectivity index (χ1n) is 3.01. The number of pyridine rings is 1. The predicted molar refractivity (Wildman–Crippen MR) is 44.6 cm³/mol. The summed E-state index contributed by atoms with van der Waals surface area (Å²) in [6, 6.07) is 0.148. The third kappa shape index (κ3) is 1.92. The first kappa shape index (κ1) is 5.10. The standard InChI is InChI=1S/C5H2Br2ClN/c6-3-1-4(7)5(8)9-2-3/h1-2H/i1D,2D. The van der Waals surface area contributed by atoms with E-state index in [4.69, 9.17) is 14.3 Å². The van der Waals surface area contributed by atoms with Crippen LogP contribution in [0.5, 0.6) is 0 Å². The van der Waals surface area contributed by atoms with Crippen LogP contribution in [0.25, 0.3) is 0 Å². The van der Waals surface area contributed by atoms with Crippen LogP contribution in [0, 0.1) is 0 Å². The van der Waals surface area contributed by atoms with Gasteiger partial charge in [0.15, 0.2) is 0 Å². The third-order valence-electron chi connectivity index (χ3n) is 0.653. The highest BCUT2D eigenvalue weighted by Crippen LogP contribution is 2.22. The molecule has 9 heavy (non-hydrogen) atoms. The van der Waals surface area contributed by atoms with Crippen LogP contribution in [-0.2, 0) is 0 Å². The van der Waals surface area contributed by atoms with E-state index in [1.54, 1.807) is 0 Å². The maximum Gasteiger partial charge on any atom is 0.143 e. The van der Waals surface area contributed by atoms with Crippen molar-refractivity contribution in [1.82, 2.24) is 4.98 Å². The quantitative estimate of drug-likeness (QED) is 0.661. The summed E-state index contributed by atoms with van der Waals surface area (Å²) in [6.07, 6.45) is -0.0248. The van der Waals surface area contributed by atoms with Crippen LogP contribution in [0.15, 0.2) is 21.2 Å². The van der Waals surface area contributed by atoms with Crippen LogP contribution >= 0.6 is 43.5 Å². The highest BCUT2D eigenvalue weighted by atomic mass is 79.9. The molecular weight excluding hydrogens is 269 g/mol. The second kappa shape index (κ2) is 2.99. The second-order valence-electron chi connectivity index (χ2n) is 1.27. The molecule has 0 aromatic carbocycles. The molecule has 1 heterocycles. The van der Waals surface area contributed by atoms with Gasteiger partial charge in [-0.2, -0.15) is 0 Å². The van der Waals surface area contributed by atoms with Crippen LogP contribution in [0.2, 0.25) is 5.15 Å². The summed E-state index contributed by atoms with van der Waals surface area (Å²) in [5, 5.41) is 0.142. The Hall–Kier alpha value is 0.400. The number of hydrogen-bond donors (Lipinski definition) is 0. The summed E-state index contributed by atoms with van der Waals surface area (Å²) in [6.45, 7) is 0. The van der Waals surface area contributed by atoms with Crippen LogP contribution in [0.1, 0.15) is 2.74 Å². The molecule has 1 nitrogen and oxygen atoms in total. The summed E-state index contributed by atoms with van der Waals surface area (Å²) < 4.78 is 15.3. The van der Waals surface area contributed by atoms with E-state index in [2.05, 4.69) is 36.8 Å². The Morgan fingerprint density at radius 2 is 2.33 bits per heavy atom. The molecule has 0 N–H and O–H groups in total. The van der Waals surface area contributed by atoms with Crippen molar-refractivity contribution >= 4 is 43.5 Å². The Bertz CT molecular complexity index is 279. The zero-order valence-electron chi connectivity index (χ0n) is 6.08. The zero-order valence-corrected chi connectivity index (χ0v) is 8.01. The molecule has 0 aliphatic heterocycles. The number of halogens is 3. The summed E-state index contributed by atoms with van der Waals surface area (Å²) in [4.78, 5) is 3.65. The fraction of sp³-hybridized carbons (Fsp3) is 0. The molecule has 4 heteroatoms. The molecule has 0 radical (unpaired) electrons.